The lowest BCUT2D eigenvalue weighted by molar-refractivity contribution is -0.138. The van der Waals surface area contributed by atoms with Crippen LogP contribution in [0, 0.1) is 0 Å². The molecule has 2 aliphatic heterocycles. The SMILES string of the molecule is O=C1NCC2(CCN(C(=O)C(Cc3ccccc3)n3cnnn3)CC2)O1. The fourth-order valence-corrected chi connectivity index (χ4v) is 3.57. The average molecular weight is 356 g/mol. The molecule has 1 N–H and O–H groups in total. The monoisotopic (exact) mass is 356 g/mol. The summed E-state index contributed by atoms with van der Waals surface area (Å²) in [5.41, 5.74) is 0.571. The number of aromatic nitrogens is 4. The van der Waals surface area contributed by atoms with Gasteiger partial charge in [0.2, 0.25) is 5.91 Å². The minimum atomic E-state index is -0.495. The van der Waals surface area contributed by atoms with Gasteiger partial charge >= 0.3 is 6.09 Å². The summed E-state index contributed by atoms with van der Waals surface area (Å²) in [5.74, 6) is -0.0201. The van der Waals surface area contributed by atoms with E-state index in [1.165, 1.54) is 11.0 Å². The molecule has 1 aromatic heterocycles. The van der Waals surface area contributed by atoms with Crippen LogP contribution in [0.3, 0.4) is 0 Å². The lowest BCUT2D eigenvalue weighted by Crippen LogP contribution is -2.50. The van der Waals surface area contributed by atoms with Crippen LogP contribution in [0.2, 0.25) is 0 Å². The highest BCUT2D eigenvalue weighted by Gasteiger charge is 2.44. The Morgan fingerprint density at radius 1 is 1.27 bits per heavy atom. The number of nitrogens with one attached hydrogen (secondary N) is 1. The summed E-state index contributed by atoms with van der Waals surface area (Å²) in [6.45, 7) is 1.59. The molecular weight excluding hydrogens is 336 g/mol. The van der Waals surface area contributed by atoms with Crippen molar-refractivity contribution in [3.8, 4) is 0 Å². The number of hydrogen-bond acceptors (Lipinski definition) is 6. The van der Waals surface area contributed by atoms with E-state index in [1.807, 2.05) is 35.2 Å². The standard InChI is InChI=1S/C17H20N6O3/c24-15(22-8-6-17(7-9-22)11-18-16(25)26-17)14(23-12-19-20-21-23)10-13-4-2-1-3-5-13/h1-5,12,14H,6-11H2,(H,18,25). The van der Waals surface area contributed by atoms with E-state index in [0.717, 1.165) is 5.56 Å². The van der Waals surface area contributed by atoms with Crippen LogP contribution in [0.1, 0.15) is 24.4 Å². The Bertz CT molecular complexity index is 771. The Kier molecular flexibility index (Phi) is 4.27. The molecule has 0 saturated carbocycles. The molecule has 4 rings (SSSR count). The molecule has 3 heterocycles. The molecule has 0 aliphatic carbocycles. The van der Waals surface area contributed by atoms with Crippen LogP contribution >= 0.6 is 0 Å². The Morgan fingerprint density at radius 3 is 2.65 bits per heavy atom. The van der Waals surface area contributed by atoms with E-state index in [4.69, 9.17) is 4.74 Å². The van der Waals surface area contributed by atoms with Gasteiger partial charge < -0.3 is 15.0 Å². The zero-order chi connectivity index (χ0) is 18.0. The number of amides is 2. The molecule has 0 radical (unpaired) electrons. The van der Waals surface area contributed by atoms with E-state index in [-0.39, 0.29) is 12.0 Å². The van der Waals surface area contributed by atoms with Crippen LogP contribution in [0.5, 0.6) is 0 Å². The molecule has 1 atom stereocenters. The van der Waals surface area contributed by atoms with Crippen LogP contribution in [0.4, 0.5) is 4.79 Å². The van der Waals surface area contributed by atoms with Crippen LogP contribution < -0.4 is 5.32 Å². The van der Waals surface area contributed by atoms with Gasteiger partial charge in [-0.3, -0.25) is 4.79 Å². The highest BCUT2D eigenvalue weighted by Crippen LogP contribution is 2.30. The Labute approximate surface area is 150 Å². The largest absolute Gasteiger partial charge is 0.441 e. The number of tetrazole rings is 1. The second-order valence-electron chi connectivity index (χ2n) is 6.75. The fourth-order valence-electron chi connectivity index (χ4n) is 3.57. The second kappa shape index (κ2) is 6.74. The van der Waals surface area contributed by atoms with Crippen molar-refractivity contribution in [1.29, 1.82) is 0 Å². The molecule has 9 heteroatoms. The first-order valence-electron chi connectivity index (χ1n) is 8.67. The maximum atomic E-state index is 13.2. The third kappa shape index (κ3) is 3.24. The minimum absolute atomic E-state index is 0.0201. The molecule has 2 fully saturated rings. The second-order valence-corrected chi connectivity index (χ2v) is 6.75. The molecule has 2 aromatic rings. The zero-order valence-corrected chi connectivity index (χ0v) is 14.2. The number of hydrogen-bond donors (Lipinski definition) is 1. The van der Waals surface area contributed by atoms with Gasteiger partial charge in [0.1, 0.15) is 18.0 Å². The highest BCUT2D eigenvalue weighted by atomic mass is 16.6. The Hall–Kier alpha value is -2.97. The van der Waals surface area contributed by atoms with E-state index in [1.54, 1.807) is 0 Å². The fraction of sp³-hybridized carbons (Fsp3) is 0.471. The number of likely N-dealkylation sites (tertiary alicyclic amines) is 1. The molecule has 1 spiro atoms. The van der Waals surface area contributed by atoms with Crippen molar-refractivity contribution >= 4 is 12.0 Å². The quantitative estimate of drug-likeness (QED) is 0.859. The lowest BCUT2D eigenvalue weighted by Gasteiger charge is -2.38. The third-order valence-corrected chi connectivity index (χ3v) is 5.09. The molecule has 9 nitrogen and oxygen atoms in total. The summed E-state index contributed by atoms with van der Waals surface area (Å²) in [4.78, 5) is 26.3. The number of carbonyl (C=O) groups is 2. The van der Waals surface area contributed by atoms with Gasteiger partial charge in [0.15, 0.2) is 0 Å². The summed E-state index contributed by atoms with van der Waals surface area (Å²) in [6.07, 6.45) is 2.87. The molecule has 2 saturated heterocycles. The van der Waals surface area contributed by atoms with E-state index in [9.17, 15) is 9.59 Å². The van der Waals surface area contributed by atoms with Crippen LogP contribution in [0.15, 0.2) is 36.7 Å². The van der Waals surface area contributed by atoms with Gasteiger partial charge in [-0.25, -0.2) is 9.48 Å². The maximum Gasteiger partial charge on any atom is 0.407 e. The van der Waals surface area contributed by atoms with E-state index in [2.05, 4.69) is 20.8 Å². The van der Waals surface area contributed by atoms with E-state index >= 15 is 0 Å². The summed E-state index contributed by atoms with van der Waals surface area (Å²) < 4.78 is 6.93. The number of ether oxygens (including phenoxy) is 1. The first-order valence-corrected chi connectivity index (χ1v) is 8.67. The number of nitrogens with zero attached hydrogens (tertiary/aromatic N) is 5. The highest BCUT2D eigenvalue weighted by molar-refractivity contribution is 5.81. The van der Waals surface area contributed by atoms with Crippen molar-refractivity contribution in [3.05, 3.63) is 42.2 Å². The van der Waals surface area contributed by atoms with Crippen molar-refractivity contribution in [2.24, 2.45) is 0 Å². The van der Waals surface area contributed by atoms with Gasteiger partial charge in [-0.05, 0) is 16.0 Å². The Morgan fingerprint density at radius 2 is 2.04 bits per heavy atom. The minimum Gasteiger partial charge on any atom is -0.441 e. The predicted octanol–water partition coefficient (Wildman–Crippen LogP) is 0.558. The smallest absolute Gasteiger partial charge is 0.407 e. The molecular formula is C17H20N6O3. The third-order valence-electron chi connectivity index (χ3n) is 5.09. The van der Waals surface area contributed by atoms with Gasteiger partial charge in [0.05, 0.1) is 6.54 Å². The van der Waals surface area contributed by atoms with Gasteiger partial charge in [0, 0.05) is 32.4 Å². The summed E-state index contributed by atoms with van der Waals surface area (Å²) in [7, 11) is 0. The zero-order valence-electron chi connectivity index (χ0n) is 14.2. The van der Waals surface area contributed by atoms with Crippen molar-refractivity contribution in [2.45, 2.75) is 30.9 Å². The first-order chi connectivity index (χ1) is 12.7. The van der Waals surface area contributed by atoms with E-state index < -0.39 is 11.6 Å². The molecule has 0 bridgehead atoms. The lowest BCUT2D eigenvalue weighted by atomic mass is 9.91. The molecule has 136 valence electrons. The average Bonchev–Trinajstić information content (AvgIpc) is 3.31. The Balaban J connectivity index is 1.48. The van der Waals surface area contributed by atoms with Crippen LogP contribution in [0.25, 0.3) is 0 Å². The van der Waals surface area contributed by atoms with Gasteiger partial charge in [-0.1, -0.05) is 30.3 Å². The van der Waals surface area contributed by atoms with Crippen molar-refractivity contribution < 1.29 is 14.3 Å². The number of benzene rings is 1. The molecule has 1 unspecified atom stereocenters. The van der Waals surface area contributed by atoms with Gasteiger partial charge in [0.25, 0.3) is 0 Å². The van der Waals surface area contributed by atoms with E-state index in [0.29, 0.717) is 38.9 Å². The van der Waals surface area contributed by atoms with Crippen molar-refractivity contribution in [2.75, 3.05) is 19.6 Å². The van der Waals surface area contributed by atoms with Crippen molar-refractivity contribution in [3.63, 3.8) is 0 Å². The van der Waals surface area contributed by atoms with Crippen molar-refractivity contribution in [1.82, 2.24) is 30.4 Å². The topological polar surface area (TPSA) is 102 Å². The molecule has 26 heavy (non-hydrogen) atoms. The number of alkyl carbamates (subject to hydrolysis) is 1. The number of piperidine rings is 1. The number of rotatable bonds is 4. The molecule has 2 amide bonds. The summed E-state index contributed by atoms with van der Waals surface area (Å²) in [6, 6.07) is 9.31. The summed E-state index contributed by atoms with van der Waals surface area (Å²) in [5, 5.41) is 14.0. The first kappa shape index (κ1) is 16.5. The van der Waals surface area contributed by atoms with Crippen LogP contribution in [-0.4, -0.2) is 62.3 Å². The predicted molar refractivity (Wildman–Crippen MR) is 90.0 cm³/mol. The summed E-state index contributed by atoms with van der Waals surface area (Å²) >= 11 is 0. The number of carbonyl (C=O) groups excluding carboxylic acids is 2. The van der Waals surface area contributed by atoms with Gasteiger partial charge in [-0.15, -0.1) is 5.10 Å². The molecule has 2 aliphatic rings. The normalized spacial score (nSPS) is 19.8. The maximum absolute atomic E-state index is 13.2. The van der Waals surface area contributed by atoms with Gasteiger partial charge in [-0.2, -0.15) is 0 Å². The molecule has 1 aromatic carbocycles. The van der Waals surface area contributed by atoms with Crippen LogP contribution in [-0.2, 0) is 16.0 Å².